The summed E-state index contributed by atoms with van der Waals surface area (Å²) in [5.74, 6) is 0.525. The van der Waals surface area contributed by atoms with Crippen LogP contribution in [-0.4, -0.2) is 3.21 Å². The van der Waals surface area contributed by atoms with E-state index >= 15 is 0 Å². The van der Waals surface area contributed by atoms with E-state index in [2.05, 4.69) is 171 Å². The Kier molecular flexibility index (Phi) is 10.8. The normalized spacial score (nSPS) is 18.1. The first kappa shape index (κ1) is 38.9. The Morgan fingerprint density at radius 3 is 1.85 bits per heavy atom. The summed E-state index contributed by atoms with van der Waals surface area (Å²) in [6.45, 7) is 19.4. The van der Waals surface area contributed by atoms with Gasteiger partial charge in [0.25, 0.3) is 0 Å². The molecule has 0 heterocycles. The van der Waals surface area contributed by atoms with E-state index in [0.29, 0.717) is 5.92 Å². The fourth-order valence-electron chi connectivity index (χ4n) is 9.10. The molecule has 0 saturated heterocycles. The Morgan fingerprint density at radius 2 is 1.29 bits per heavy atom. The Labute approximate surface area is 333 Å². The number of rotatable bonds is 7. The molecule has 1 unspecified atom stereocenters. The van der Waals surface area contributed by atoms with Crippen molar-refractivity contribution in [3.8, 4) is 11.1 Å². The number of halogens is 2. The third-order valence-corrected chi connectivity index (χ3v) is 20.6. The Bertz CT molecular complexity index is 2140. The van der Waals surface area contributed by atoms with Gasteiger partial charge in [0.15, 0.2) is 0 Å². The summed E-state index contributed by atoms with van der Waals surface area (Å²) in [4.78, 5) is 0. The van der Waals surface area contributed by atoms with Crippen LogP contribution >= 0.6 is 0 Å². The van der Waals surface area contributed by atoms with Crippen molar-refractivity contribution in [2.75, 3.05) is 0 Å². The van der Waals surface area contributed by atoms with Gasteiger partial charge >= 0.3 is 311 Å². The molecule has 0 aromatic heterocycles. The van der Waals surface area contributed by atoms with Crippen molar-refractivity contribution in [2.24, 2.45) is 11.3 Å². The van der Waals surface area contributed by atoms with Gasteiger partial charge in [-0.3, -0.25) is 0 Å². The van der Waals surface area contributed by atoms with E-state index < -0.39 is 21.3 Å². The third kappa shape index (κ3) is 6.85. The van der Waals surface area contributed by atoms with Crippen molar-refractivity contribution in [2.45, 2.75) is 91.9 Å². The van der Waals surface area contributed by atoms with Crippen molar-refractivity contribution in [3.05, 3.63) is 160 Å². The van der Waals surface area contributed by atoms with E-state index in [1.54, 1.807) is 15.3 Å². The molecule has 0 spiro atoms. The summed E-state index contributed by atoms with van der Waals surface area (Å²) < 4.78 is 5.34. The average Bonchev–Trinajstić information content (AvgIpc) is 3.82. The molecule has 4 aromatic rings. The average molecular weight is 803 g/mol. The summed E-state index contributed by atoms with van der Waals surface area (Å²) >= 11 is -2.69. The molecule has 0 N–H and O–H groups in total. The largest absolute Gasteiger partial charge is 1.00 e. The smallest absolute Gasteiger partial charge is 1.00 e. The van der Waals surface area contributed by atoms with Crippen LogP contribution in [0.5, 0.6) is 0 Å². The van der Waals surface area contributed by atoms with Crippen LogP contribution in [0.25, 0.3) is 23.3 Å². The molecule has 0 bridgehead atoms. The molecule has 4 aliphatic carbocycles. The van der Waals surface area contributed by atoms with E-state index in [1.807, 2.05) is 0 Å². The summed E-state index contributed by atoms with van der Waals surface area (Å²) in [5, 5.41) is 0. The molecular formula is C49H52Cl2Zr. The summed E-state index contributed by atoms with van der Waals surface area (Å²) in [7, 11) is 0. The van der Waals surface area contributed by atoms with Crippen molar-refractivity contribution in [3.63, 3.8) is 0 Å². The maximum Gasteiger partial charge on any atom is -1.00 e. The van der Waals surface area contributed by atoms with Gasteiger partial charge in [-0.2, -0.15) is 0 Å². The van der Waals surface area contributed by atoms with Crippen LogP contribution < -0.4 is 24.8 Å². The van der Waals surface area contributed by atoms with Crippen molar-refractivity contribution >= 4 is 15.4 Å². The zero-order valence-electron chi connectivity index (χ0n) is 32.1. The van der Waals surface area contributed by atoms with E-state index in [1.165, 1.54) is 62.1 Å². The number of hydrogen-bond donors (Lipinski definition) is 0. The zero-order chi connectivity index (χ0) is 35.0. The minimum Gasteiger partial charge on any atom is -1.00 e. The molecule has 0 fully saturated rings. The predicted molar refractivity (Wildman–Crippen MR) is 212 cm³/mol. The minimum absolute atomic E-state index is 0. The van der Waals surface area contributed by atoms with E-state index in [-0.39, 0.29) is 41.1 Å². The van der Waals surface area contributed by atoms with Crippen LogP contribution in [0.3, 0.4) is 0 Å². The molecule has 1 atom stereocenters. The number of benzene rings is 4. The number of allylic oxidation sites excluding steroid dienone is 6. The van der Waals surface area contributed by atoms with Crippen LogP contribution in [-0.2, 0) is 51.4 Å². The first-order valence-corrected chi connectivity index (χ1v) is 22.5. The van der Waals surface area contributed by atoms with Gasteiger partial charge in [0.05, 0.1) is 0 Å². The SMILES string of the molecule is CCC1C=C(C(C)(C)C)C=[C]1[Zr+2]([C]1=Cc2cc3c(cc2C1(C)C)Cc1cc2c(cc1-3)C=CC2(C)C)=[C](Cc1ccccc1)Cc1ccccc1.[Cl-].[Cl-]. The van der Waals surface area contributed by atoms with Crippen molar-refractivity contribution < 1.29 is 46.1 Å². The number of hydrogen-bond acceptors (Lipinski definition) is 0. The van der Waals surface area contributed by atoms with Gasteiger partial charge in [0.1, 0.15) is 0 Å². The van der Waals surface area contributed by atoms with Gasteiger partial charge in [-0.25, -0.2) is 0 Å². The van der Waals surface area contributed by atoms with Crippen LogP contribution in [0.2, 0.25) is 0 Å². The van der Waals surface area contributed by atoms with Crippen LogP contribution in [0.4, 0.5) is 0 Å². The Morgan fingerprint density at radius 1 is 0.731 bits per heavy atom. The van der Waals surface area contributed by atoms with E-state index in [9.17, 15) is 0 Å². The van der Waals surface area contributed by atoms with Crippen molar-refractivity contribution in [1.82, 2.24) is 0 Å². The predicted octanol–water partition coefficient (Wildman–Crippen LogP) is 6.37. The maximum atomic E-state index is 2.71. The fourth-order valence-corrected chi connectivity index (χ4v) is 18.6. The zero-order valence-corrected chi connectivity index (χ0v) is 36.1. The quantitative estimate of drug-likeness (QED) is 0.180. The first-order valence-electron chi connectivity index (χ1n) is 18.8. The van der Waals surface area contributed by atoms with Gasteiger partial charge in [0.2, 0.25) is 0 Å². The Hall–Kier alpha value is -2.83. The van der Waals surface area contributed by atoms with Crippen molar-refractivity contribution in [1.29, 1.82) is 0 Å². The fraction of sp³-hybridized carbons (Fsp3) is 0.327. The molecule has 8 rings (SSSR count). The topological polar surface area (TPSA) is 0 Å². The van der Waals surface area contributed by atoms with E-state index in [0.717, 1.165) is 19.3 Å². The first-order chi connectivity index (χ1) is 23.8. The van der Waals surface area contributed by atoms with Crippen LogP contribution in [0.1, 0.15) is 106 Å². The second-order valence-electron chi connectivity index (χ2n) is 17.4. The van der Waals surface area contributed by atoms with Gasteiger partial charge in [-0.15, -0.1) is 0 Å². The molecule has 0 nitrogen and oxygen atoms in total. The Balaban J connectivity index is 0.00000232. The number of fused-ring (bicyclic) bond motifs is 5. The maximum absolute atomic E-state index is 2.71. The van der Waals surface area contributed by atoms with Crippen LogP contribution in [0.15, 0.2) is 115 Å². The standard InChI is InChI=1S/C23H21.C15H14.C11H17.2ClH.Zr/c1-22(2)7-5-14-10-18-16(12-20(14)22)9-17-13-21-15(11-19(17)18)6-8-23(21,3)4;1-3-8-14(9-4-1)12-7-13-15-10-5-2-6-11-15;1-5-9-6-7-10(8-9)11(2,3)4;;;/h5-7,10-13H,9H2,1-4H3;1-6,8-11H,12-13H2;7-9H,5H2,1-4H3;2*1H;/q;;;;;+2/p-2. The van der Waals surface area contributed by atoms with Gasteiger partial charge in [-0.05, 0) is 0 Å². The molecule has 0 amide bonds. The minimum atomic E-state index is -2.69. The molecule has 4 aromatic carbocycles. The van der Waals surface area contributed by atoms with E-state index in [4.69, 9.17) is 0 Å². The second kappa shape index (κ2) is 14.4. The molecule has 0 radical (unpaired) electrons. The monoisotopic (exact) mass is 800 g/mol. The summed E-state index contributed by atoms with van der Waals surface area (Å²) in [5.41, 5.74) is 16.5. The molecular weight excluding hydrogens is 751 g/mol. The summed E-state index contributed by atoms with van der Waals surface area (Å²) in [6, 6.07) is 32.8. The third-order valence-electron chi connectivity index (χ3n) is 12.1. The van der Waals surface area contributed by atoms with Gasteiger partial charge < -0.3 is 24.8 Å². The van der Waals surface area contributed by atoms with Gasteiger partial charge in [0, 0.05) is 0 Å². The second-order valence-corrected chi connectivity index (χ2v) is 23.7. The van der Waals surface area contributed by atoms with Gasteiger partial charge in [-0.1, -0.05) is 0 Å². The molecule has 3 heteroatoms. The molecule has 0 saturated carbocycles. The molecule has 0 aliphatic heterocycles. The molecule has 52 heavy (non-hydrogen) atoms. The summed E-state index contributed by atoms with van der Waals surface area (Å²) in [6.07, 6.45) is 17.1. The molecule has 4 aliphatic rings. The van der Waals surface area contributed by atoms with Crippen LogP contribution in [0, 0.1) is 11.3 Å². The molecule has 266 valence electrons.